The van der Waals surface area contributed by atoms with Crippen molar-refractivity contribution in [2.24, 2.45) is 0 Å². The molecule has 0 saturated heterocycles. The molecule has 0 fully saturated rings. The van der Waals surface area contributed by atoms with Crippen molar-refractivity contribution in [1.29, 1.82) is 0 Å². The van der Waals surface area contributed by atoms with Crippen LogP contribution in [0.2, 0.25) is 0 Å². The third-order valence-electron chi connectivity index (χ3n) is 2.93. The first-order valence-corrected chi connectivity index (χ1v) is 5.01. The Morgan fingerprint density at radius 3 is 2.69 bits per heavy atom. The van der Waals surface area contributed by atoms with Gasteiger partial charge in [-0.05, 0) is 31.5 Å². The van der Waals surface area contributed by atoms with Crippen LogP contribution in [0, 0.1) is 0 Å². The van der Waals surface area contributed by atoms with Gasteiger partial charge in [0, 0.05) is 5.69 Å². The normalized spacial score (nSPS) is 16.6. The number of methoxy groups -OCH3 is 1. The van der Waals surface area contributed by atoms with Gasteiger partial charge < -0.3 is 10.1 Å². The SMILES string of the molecule is COC(=O)c1ccc2c(c1)NC(=O)C2(C)C. The van der Waals surface area contributed by atoms with Crippen molar-refractivity contribution < 1.29 is 14.3 Å². The minimum Gasteiger partial charge on any atom is -0.465 e. The third-order valence-corrected chi connectivity index (χ3v) is 2.93. The molecule has 0 unspecified atom stereocenters. The molecule has 0 atom stereocenters. The fourth-order valence-corrected chi connectivity index (χ4v) is 1.84. The first-order chi connectivity index (χ1) is 7.46. The van der Waals surface area contributed by atoms with E-state index in [9.17, 15) is 9.59 Å². The van der Waals surface area contributed by atoms with Crippen molar-refractivity contribution in [3.8, 4) is 0 Å². The van der Waals surface area contributed by atoms with E-state index in [1.54, 1.807) is 18.2 Å². The molecule has 0 saturated carbocycles. The maximum absolute atomic E-state index is 11.7. The minimum absolute atomic E-state index is 0.0514. The Hall–Kier alpha value is -1.84. The number of ether oxygens (including phenoxy) is 1. The zero-order valence-corrected chi connectivity index (χ0v) is 9.46. The molecular formula is C12H13NO3. The highest BCUT2D eigenvalue weighted by atomic mass is 16.5. The highest BCUT2D eigenvalue weighted by Gasteiger charge is 2.38. The Bertz CT molecular complexity index is 477. The summed E-state index contributed by atoms with van der Waals surface area (Å²) in [5, 5.41) is 2.76. The maximum atomic E-state index is 11.7. The number of benzene rings is 1. The lowest BCUT2D eigenvalue weighted by Crippen LogP contribution is -2.26. The van der Waals surface area contributed by atoms with Gasteiger partial charge in [0.1, 0.15) is 0 Å². The average Bonchev–Trinajstić information content (AvgIpc) is 2.48. The standard InChI is InChI=1S/C12H13NO3/c1-12(2)8-5-4-7(10(14)16-3)6-9(8)13-11(12)15/h4-6H,1-3H3,(H,13,15). The average molecular weight is 219 g/mol. The largest absolute Gasteiger partial charge is 0.465 e. The van der Waals surface area contributed by atoms with Crippen LogP contribution < -0.4 is 5.32 Å². The van der Waals surface area contributed by atoms with Crippen molar-refractivity contribution in [3.05, 3.63) is 29.3 Å². The second kappa shape index (κ2) is 3.33. The quantitative estimate of drug-likeness (QED) is 0.731. The van der Waals surface area contributed by atoms with Gasteiger partial charge in [0.25, 0.3) is 0 Å². The Morgan fingerprint density at radius 2 is 2.06 bits per heavy atom. The van der Waals surface area contributed by atoms with E-state index >= 15 is 0 Å². The van der Waals surface area contributed by atoms with E-state index in [2.05, 4.69) is 10.1 Å². The summed E-state index contributed by atoms with van der Waals surface area (Å²) in [7, 11) is 1.33. The summed E-state index contributed by atoms with van der Waals surface area (Å²) in [5.41, 5.74) is 1.51. The molecule has 84 valence electrons. The van der Waals surface area contributed by atoms with Crippen LogP contribution in [-0.4, -0.2) is 19.0 Å². The van der Waals surface area contributed by atoms with Crippen LogP contribution in [0.1, 0.15) is 29.8 Å². The molecule has 0 aliphatic carbocycles. The lowest BCUT2D eigenvalue weighted by Gasteiger charge is -2.14. The third kappa shape index (κ3) is 1.38. The van der Waals surface area contributed by atoms with Gasteiger partial charge in [-0.15, -0.1) is 0 Å². The van der Waals surface area contributed by atoms with E-state index < -0.39 is 11.4 Å². The van der Waals surface area contributed by atoms with Crippen LogP contribution >= 0.6 is 0 Å². The molecule has 0 radical (unpaired) electrons. The summed E-state index contributed by atoms with van der Waals surface area (Å²) in [6.07, 6.45) is 0. The van der Waals surface area contributed by atoms with Crippen LogP contribution in [0.3, 0.4) is 0 Å². The Labute approximate surface area is 93.6 Å². The van der Waals surface area contributed by atoms with Crippen LogP contribution in [0.25, 0.3) is 0 Å². The molecule has 4 nitrogen and oxygen atoms in total. The number of hydrogen-bond acceptors (Lipinski definition) is 3. The highest BCUT2D eigenvalue weighted by molar-refractivity contribution is 6.06. The Morgan fingerprint density at radius 1 is 1.38 bits per heavy atom. The van der Waals surface area contributed by atoms with Crippen LogP contribution in [-0.2, 0) is 14.9 Å². The van der Waals surface area contributed by atoms with Gasteiger partial charge in [-0.25, -0.2) is 4.79 Å². The van der Waals surface area contributed by atoms with Gasteiger partial charge in [-0.1, -0.05) is 6.07 Å². The van der Waals surface area contributed by atoms with E-state index in [1.807, 2.05) is 13.8 Å². The molecule has 1 aromatic rings. The van der Waals surface area contributed by atoms with Crippen molar-refractivity contribution in [3.63, 3.8) is 0 Å². The molecule has 1 aliphatic heterocycles. The smallest absolute Gasteiger partial charge is 0.337 e. The summed E-state index contributed by atoms with van der Waals surface area (Å²) in [4.78, 5) is 23.0. The van der Waals surface area contributed by atoms with Crippen LogP contribution in [0.4, 0.5) is 5.69 Å². The molecule has 4 heteroatoms. The number of fused-ring (bicyclic) bond motifs is 1. The Balaban J connectivity index is 2.48. The molecular weight excluding hydrogens is 206 g/mol. The summed E-state index contributed by atoms with van der Waals surface area (Å²) in [6.45, 7) is 3.71. The molecule has 0 aromatic heterocycles. The van der Waals surface area contributed by atoms with Gasteiger partial charge in [-0.2, -0.15) is 0 Å². The minimum atomic E-state index is -0.538. The number of hydrogen-bond donors (Lipinski definition) is 1. The summed E-state index contributed by atoms with van der Waals surface area (Å²) in [6, 6.07) is 5.11. The molecule has 1 aliphatic rings. The monoisotopic (exact) mass is 219 g/mol. The fourth-order valence-electron chi connectivity index (χ4n) is 1.84. The first-order valence-electron chi connectivity index (χ1n) is 5.01. The number of carbonyl (C=O) groups is 2. The predicted molar refractivity (Wildman–Crippen MR) is 59.4 cm³/mol. The molecule has 1 aromatic carbocycles. The fraction of sp³-hybridized carbons (Fsp3) is 0.333. The van der Waals surface area contributed by atoms with E-state index in [0.717, 1.165) is 5.56 Å². The van der Waals surface area contributed by atoms with Crippen molar-refractivity contribution >= 4 is 17.6 Å². The van der Waals surface area contributed by atoms with Gasteiger partial charge in [0.15, 0.2) is 0 Å². The van der Waals surface area contributed by atoms with E-state index in [-0.39, 0.29) is 5.91 Å². The summed E-state index contributed by atoms with van der Waals surface area (Å²) < 4.78 is 4.62. The van der Waals surface area contributed by atoms with Crippen molar-refractivity contribution in [2.45, 2.75) is 19.3 Å². The van der Waals surface area contributed by atoms with Gasteiger partial charge >= 0.3 is 5.97 Å². The molecule has 1 heterocycles. The van der Waals surface area contributed by atoms with Gasteiger partial charge in [0.2, 0.25) is 5.91 Å². The van der Waals surface area contributed by atoms with E-state index in [4.69, 9.17) is 0 Å². The Kier molecular flexibility index (Phi) is 2.22. The van der Waals surface area contributed by atoms with Crippen LogP contribution in [0.15, 0.2) is 18.2 Å². The molecule has 0 bridgehead atoms. The van der Waals surface area contributed by atoms with Crippen molar-refractivity contribution in [2.75, 3.05) is 12.4 Å². The molecule has 0 spiro atoms. The summed E-state index contributed by atoms with van der Waals surface area (Å²) in [5.74, 6) is -0.453. The number of rotatable bonds is 1. The van der Waals surface area contributed by atoms with E-state index in [1.165, 1.54) is 7.11 Å². The highest BCUT2D eigenvalue weighted by Crippen LogP contribution is 2.37. The lowest BCUT2D eigenvalue weighted by molar-refractivity contribution is -0.119. The van der Waals surface area contributed by atoms with E-state index in [0.29, 0.717) is 11.3 Å². The second-order valence-electron chi connectivity index (χ2n) is 4.33. The second-order valence-corrected chi connectivity index (χ2v) is 4.33. The number of carbonyl (C=O) groups excluding carboxylic acids is 2. The predicted octanol–water partition coefficient (Wildman–Crippen LogP) is 1.70. The molecule has 1 N–H and O–H groups in total. The number of nitrogens with one attached hydrogen (secondary N) is 1. The number of anilines is 1. The first kappa shape index (κ1) is 10.7. The number of amides is 1. The summed E-state index contributed by atoms with van der Waals surface area (Å²) >= 11 is 0. The van der Waals surface area contributed by atoms with Gasteiger partial charge in [-0.3, -0.25) is 4.79 Å². The molecule has 1 amide bonds. The topological polar surface area (TPSA) is 55.4 Å². The van der Waals surface area contributed by atoms with Crippen LogP contribution in [0.5, 0.6) is 0 Å². The zero-order valence-electron chi connectivity index (χ0n) is 9.46. The zero-order chi connectivity index (χ0) is 11.9. The molecule has 2 rings (SSSR count). The van der Waals surface area contributed by atoms with Crippen molar-refractivity contribution in [1.82, 2.24) is 0 Å². The molecule has 16 heavy (non-hydrogen) atoms. The number of esters is 1. The lowest BCUT2D eigenvalue weighted by atomic mass is 9.86. The van der Waals surface area contributed by atoms with Gasteiger partial charge in [0.05, 0.1) is 18.1 Å². The maximum Gasteiger partial charge on any atom is 0.337 e.